The van der Waals surface area contributed by atoms with Crippen LogP contribution in [0.1, 0.15) is 47.4 Å². The summed E-state index contributed by atoms with van der Waals surface area (Å²) in [4.78, 5) is 26.3. The van der Waals surface area contributed by atoms with E-state index in [2.05, 4.69) is 32.2 Å². The molecule has 32 heavy (non-hydrogen) atoms. The number of nitrogens with zero attached hydrogens (tertiary/aromatic N) is 6. The van der Waals surface area contributed by atoms with Crippen molar-refractivity contribution in [1.29, 1.82) is 5.26 Å². The average Bonchev–Trinajstić information content (AvgIpc) is 3.35. The largest absolute Gasteiger partial charge is 0.304 e. The summed E-state index contributed by atoms with van der Waals surface area (Å²) < 4.78 is 0. The van der Waals surface area contributed by atoms with E-state index in [4.69, 9.17) is 0 Å². The van der Waals surface area contributed by atoms with E-state index < -0.39 is 0 Å². The summed E-state index contributed by atoms with van der Waals surface area (Å²) in [6.45, 7) is 5.22. The highest BCUT2D eigenvalue weighted by atomic mass is 16.2. The van der Waals surface area contributed by atoms with Crippen LogP contribution in [0.4, 0.5) is 5.82 Å². The van der Waals surface area contributed by atoms with E-state index in [1.807, 2.05) is 43.2 Å². The third kappa shape index (κ3) is 5.26. The number of likely N-dealkylation sites (N-methyl/N-ethyl adjacent to an activating group) is 1. The van der Waals surface area contributed by atoms with E-state index >= 15 is 0 Å². The zero-order chi connectivity index (χ0) is 22.5. The Morgan fingerprint density at radius 1 is 1.22 bits per heavy atom. The number of hydrogen-bond donors (Lipinski definition) is 1. The van der Waals surface area contributed by atoms with Crippen molar-refractivity contribution in [2.24, 2.45) is 0 Å². The Morgan fingerprint density at radius 2 is 1.91 bits per heavy atom. The maximum Gasteiger partial charge on any atom is 0.269 e. The van der Waals surface area contributed by atoms with Gasteiger partial charge in [-0.25, -0.2) is 9.97 Å². The fourth-order valence-electron chi connectivity index (χ4n) is 4.41. The summed E-state index contributed by atoms with van der Waals surface area (Å²) in [6, 6.07) is 10.0. The number of anilines is 1. The molecule has 4 rings (SSSR count). The van der Waals surface area contributed by atoms with Gasteiger partial charge >= 0.3 is 0 Å². The van der Waals surface area contributed by atoms with Crippen LogP contribution in [0.5, 0.6) is 0 Å². The molecule has 1 aliphatic carbocycles. The molecule has 8 nitrogen and oxygen atoms in total. The summed E-state index contributed by atoms with van der Waals surface area (Å²) >= 11 is 0. The number of hydrogen-bond acceptors (Lipinski definition) is 7. The van der Waals surface area contributed by atoms with E-state index in [1.165, 1.54) is 5.56 Å². The van der Waals surface area contributed by atoms with E-state index in [9.17, 15) is 10.1 Å². The van der Waals surface area contributed by atoms with Crippen molar-refractivity contribution < 1.29 is 4.79 Å². The normalized spacial score (nSPS) is 17.8. The Balaban J connectivity index is 1.47. The van der Waals surface area contributed by atoms with Crippen LogP contribution < -0.4 is 15.9 Å². The third-order valence-electron chi connectivity index (χ3n) is 6.40. The van der Waals surface area contributed by atoms with Gasteiger partial charge in [0.25, 0.3) is 5.91 Å². The van der Waals surface area contributed by atoms with Crippen molar-refractivity contribution in [2.75, 3.05) is 38.2 Å². The van der Waals surface area contributed by atoms with Crippen LogP contribution in [-0.2, 0) is 6.54 Å². The van der Waals surface area contributed by atoms with Gasteiger partial charge in [0.05, 0.1) is 6.04 Å². The topological polar surface area (TPSA) is 88.4 Å². The molecule has 1 amide bonds. The molecule has 0 bridgehead atoms. The number of piperazine rings is 1. The second-order valence-electron chi connectivity index (χ2n) is 8.84. The van der Waals surface area contributed by atoms with Crippen LogP contribution in [0.2, 0.25) is 0 Å². The summed E-state index contributed by atoms with van der Waals surface area (Å²) in [5, 5.41) is 11.1. The van der Waals surface area contributed by atoms with Gasteiger partial charge in [0.15, 0.2) is 0 Å². The molecule has 1 saturated heterocycles. The molecule has 2 aliphatic rings. The van der Waals surface area contributed by atoms with Crippen LogP contribution in [0.3, 0.4) is 0 Å². The van der Waals surface area contributed by atoms with Crippen molar-refractivity contribution in [1.82, 2.24) is 25.2 Å². The number of aromatic nitrogens is 2. The number of nitrogens with one attached hydrogen (secondary N) is 1. The summed E-state index contributed by atoms with van der Waals surface area (Å²) in [5.74, 6) is 0.541. The number of amides is 1. The Kier molecular flexibility index (Phi) is 7.03. The predicted molar refractivity (Wildman–Crippen MR) is 126 cm³/mol. The van der Waals surface area contributed by atoms with Gasteiger partial charge in [0.1, 0.15) is 19.7 Å². The fourth-order valence-corrected chi connectivity index (χ4v) is 4.41. The first-order chi connectivity index (χ1) is 15.5. The number of nitriles is 1. The van der Waals surface area contributed by atoms with Crippen molar-refractivity contribution in [3.63, 3.8) is 0 Å². The molecule has 1 aliphatic heterocycles. The minimum absolute atomic E-state index is 0.108. The molecule has 9 heteroatoms. The van der Waals surface area contributed by atoms with Gasteiger partial charge in [-0.1, -0.05) is 25.0 Å². The summed E-state index contributed by atoms with van der Waals surface area (Å²) in [7, 11) is 4.06. The number of rotatable bonds is 6. The van der Waals surface area contributed by atoms with Crippen LogP contribution >= 0.6 is 0 Å². The highest BCUT2D eigenvalue weighted by Gasteiger charge is 2.27. The Morgan fingerprint density at radius 3 is 2.56 bits per heavy atom. The monoisotopic (exact) mass is 431 g/mol. The SMILES string of the molecule is Bc1cnc(C#N)nc1N(NC(=O)c1ccc(CN2CCN(C)CC2)cc1)C1CCCC1. The lowest BCUT2D eigenvalue weighted by molar-refractivity contribution is 0.0944. The van der Waals surface area contributed by atoms with Crippen molar-refractivity contribution in [3.05, 3.63) is 47.4 Å². The second kappa shape index (κ2) is 10.1. The molecule has 1 N–H and O–H groups in total. The van der Waals surface area contributed by atoms with Crippen molar-refractivity contribution >= 4 is 25.0 Å². The van der Waals surface area contributed by atoms with Gasteiger partial charge in [-0.05, 0) is 43.0 Å². The first-order valence-electron chi connectivity index (χ1n) is 11.4. The Bertz CT molecular complexity index is 977. The molecule has 0 radical (unpaired) electrons. The molecule has 166 valence electrons. The highest BCUT2D eigenvalue weighted by molar-refractivity contribution is 6.35. The number of benzene rings is 1. The maximum atomic E-state index is 13.1. The van der Waals surface area contributed by atoms with Gasteiger partial charge in [0.2, 0.25) is 5.82 Å². The summed E-state index contributed by atoms with van der Waals surface area (Å²) in [6.07, 6.45) is 5.84. The number of carbonyl (C=O) groups is 1. The molecular formula is C23H30BN7O. The van der Waals surface area contributed by atoms with Gasteiger partial charge in [-0.3, -0.25) is 20.1 Å². The van der Waals surface area contributed by atoms with Crippen LogP contribution in [0, 0.1) is 11.3 Å². The Labute approximate surface area is 190 Å². The smallest absolute Gasteiger partial charge is 0.269 e. The van der Waals surface area contributed by atoms with E-state index in [0.29, 0.717) is 11.4 Å². The van der Waals surface area contributed by atoms with Crippen LogP contribution in [-0.4, -0.2) is 72.8 Å². The van der Waals surface area contributed by atoms with Gasteiger partial charge in [-0.15, -0.1) is 0 Å². The van der Waals surface area contributed by atoms with E-state index in [-0.39, 0.29) is 17.8 Å². The standard InChI is InChI=1S/C23H30BN7O/c1-29-10-12-30(13-11-29)16-17-6-8-18(9-7-17)23(32)28-31(19-4-2-3-5-19)22-20(24)15-26-21(14-25)27-22/h6-9,15,19H,2-5,10-13,16,24H2,1H3,(H,28,32). The van der Waals surface area contributed by atoms with Gasteiger partial charge in [-0.2, -0.15) is 5.26 Å². The maximum absolute atomic E-state index is 13.1. The molecular weight excluding hydrogens is 401 g/mol. The molecule has 0 spiro atoms. The first-order valence-corrected chi connectivity index (χ1v) is 11.4. The van der Waals surface area contributed by atoms with Gasteiger partial charge < -0.3 is 4.90 Å². The van der Waals surface area contributed by atoms with E-state index in [1.54, 1.807) is 6.20 Å². The predicted octanol–water partition coefficient (Wildman–Crippen LogP) is 0.448. The molecule has 1 aromatic heterocycles. The minimum atomic E-state index is -0.167. The molecule has 0 unspecified atom stereocenters. The zero-order valence-corrected chi connectivity index (χ0v) is 18.9. The lowest BCUT2D eigenvalue weighted by atomic mass is 9.98. The van der Waals surface area contributed by atoms with Gasteiger partial charge in [0, 0.05) is 44.5 Å². The molecule has 1 aromatic carbocycles. The lowest BCUT2D eigenvalue weighted by Crippen LogP contribution is -2.50. The van der Waals surface area contributed by atoms with Crippen LogP contribution in [0.15, 0.2) is 30.5 Å². The molecule has 0 atom stereocenters. The number of carbonyl (C=O) groups excluding carboxylic acids is 1. The first kappa shape index (κ1) is 22.2. The van der Waals surface area contributed by atoms with Crippen molar-refractivity contribution in [3.8, 4) is 6.07 Å². The van der Waals surface area contributed by atoms with Crippen molar-refractivity contribution in [2.45, 2.75) is 38.3 Å². The number of hydrazine groups is 1. The molecule has 2 heterocycles. The highest BCUT2D eigenvalue weighted by Crippen LogP contribution is 2.25. The molecule has 2 aromatic rings. The Hall–Kier alpha value is -2.96. The molecule has 1 saturated carbocycles. The fraction of sp³-hybridized carbons (Fsp3) is 0.478. The average molecular weight is 431 g/mol. The minimum Gasteiger partial charge on any atom is -0.304 e. The van der Waals surface area contributed by atoms with E-state index in [0.717, 1.165) is 63.9 Å². The second-order valence-corrected chi connectivity index (χ2v) is 8.84. The lowest BCUT2D eigenvalue weighted by Gasteiger charge is -2.32. The third-order valence-corrected chi connectivity index (χ3v) is 6.40. The zero-order valence-electron chi connectivity index (χ0n) is 18.9. The summed E-state index contributed by atoms with van der Waals surface area (Å²) in [5.41, 5.74) is 5.73. The van der Waals surface area contributed by atoms with Crippen LogP contribution in [0.25, 0.3) is 0 Å². The molecule has 2 fully saturated rings. The quantitative estimate of drug-likeness (QED) is 0.525.